The number of hydrogen-bond acceptors (Lipinski definition) is 2. The summed E-state index contributed by atoms with van der Waals surface area (Å²) in [5.41, 5.74) is 13.0. The first-order valence-electron chi connectivity index (χ1n) is 18.4. The molecule has 0 spiro atoms. The monoisotopic (exact) mass is 705 g/mol. The van der Waals surface area contributed by atoms with E-state index >= 15 is 0 Å². The summed E-state index contributed by atoms with van der Waals surface area (Å²) in [6, 6.07) is 77.0. The molecule has 0 aliphatic heterocycles. The Bertz CT molecular complexity index is 2890. The zero-order valence-electron chi connectivity index (χ0n) is 29.6. The van der Waals surface area contributed by atoms with Crippen molar-refractivity contribution < 1.29 is 0 Å². The molecular weight excluding hydrogens is 671 g/mol. The topological polar surface area (TPSA) is 3.24 Å². The van der Waals surface area contributed by atoms with Gasteiger partial charge in [-0.15, -0.1) is 11.3 Å². The van der Waals surface area contributed by atoms with Crippen LogP contribution in [0.2, 0.25) is 0 Å². The number of anilines is 3. The van der Waals surface area contributed by atoms with Gasteiger partial charge in [-0.3, -0.25) is 0 Å². The van der Waals surface area contributed by atoms with Gasteiger partial charge in [0.15, 0.2) is 0 Å². The fourth-order valence-corrected chi connectivity index (χ4v) is 9.12. The molecule has 54 heavy (non-hydrogen) atoms. The van der Waals surface area contributed by atoms with Crippen molar-refractivity contribution in [1.29, 1.82) is 0 Å². The third-order valence-corrected chi connectivity index (χ3v) is 11.7. The Morgan fingerprint density at radius 2 is 0.796 bits per heavy atom. The van der Waals surface area contributed by atoms with Gasteiger partial charge in [-0.25, -0.2) is 0 Å². The summed E-state index contributed by atoms with van der Waals surface area (Å²) in [6.45, 7) is 0. The lowest BCUT2D eigenvalue weighted by atomic mass is 9.93. The maximum atomic E-state index is 2.38. The highest BCUT2D eigenvalue weighted by atomic mass is 32.1. The molecule has 1 heterocycles. The minimum absolute atomic E-state index is 1.10. The summed E-state index contributed by atoms with van der Waals surface area (Å²) in [6.07, 6.45) is 0. The largest absolute Gasteiger partial charge is 0.310 e. The Balaban J connectivity index is 1.14. The molecule has 0 atom stereocenters. The Labute approximate surface area is 319 Å². The van der Waals surface area contributed by atoms with Gasteiger partial charge in [-0.2, -0.15) is 0 Å². The Hall–Kier alpha value is -6.74. The molecule has 0 radical (unpaired) electrons. The number of thiophene rings is 1. The van der Waals surface area contributed by atoms with Crippen LogP contribution in [0.4, 0.5) is 17.1 Å². The highest BCUT2D eigenvalue weighted by Gasteiger charge is 2.19. The van der Waals surface area contributed by atoms with Gasteiger partial charge in [0.1, 0.15) is 0 Å². The fraction of sp³-hybridized carbons (Fsp3) is 0. The molecule has 0 amide bonds. The first-order valence-corrected chi connectivity index (χ1v) is 19.2. The van der Waals surface area contributed by atoms with E-state index < -0.39 is 0 Å². The maximum Gasteiger partial charge on any atom is 0.0468 e. The van der Waals surface area contributed by atoms with Crippen LogP contribution in [0.1, 0.15) is 0 Å². The quantitative estimate of drug-likeness (QED) is 0.160. The van der Waals surface area contributed by atoms with Crippen LogP contribution >= 0.6 is 11.3 Å². The summed E-state index contributed by atoms with van der Waals surface area (Å²) in [7, 11) is 0. The standard InChI is InChI=1S/C52H35NS/c1-4-14-36(15-5-1)37-24-28-42(29-25-37)53(44-32-33-45(38-16-6-2-7-17-38)48(35-44)39-18-8-3-9-19-39)43-30-26-40(27-31-43)49-34-41-20-10-11-21-46(41)52-51(49)47-22-12-13-23-50(47)54-52/h1-35H. The molecule has 0 fully saturated rings. The normalized spacial score (nSPS) is 11.3. The Kier molecular flexibility index (Phi) is 8.09. The van der Waals surface area contributed by atoms with Crippen LogP contribution in [0, 0.1) is 0 Å². The van der Waals surface area contributed by atoms with Gasteiger partial charge in [0.25, 0.3) is 0 Å². The third-order valence-electron chi connectivity index (χ3n) is 10.5. The van der Waals surface area contributed by atoms with E-state index in [0.717, 1.165) is 17.1 Å². The third kappa shape index (κ3) is 5.74. The van der Waals surface area contributed by atoms with Crippen LogP contribution < -0.4 is 4.90 Å². The van der Waals surface area contributed by atoms with E-state index in [0.29, 0.717) is 0 Å². The Morgan fingerprint density at radius 1 is 0.315 bits per heavy atom. The van der Waals surface area contributed by atoms with E-state index in [1.54, 1.807) is 0 Å². The summed E-state index contributed by atoms with van der Waals surface area (Å²) >= 11 is 1.89. The SMILES string of the molecule is c1ccc(-c2ccc(N(c3ccc(-c4cc5ccccc5c5sc6ccccc6c45)cc3)c3ccc(-c4ccccc4)c(-c4ccccc4)c3)cc2)cc1. The van der Waals surface area contributed by atoms with Crippen molar-refractivity contribution in [3.05, 3.63) is 212 Å². The van der Waals surface area contributed by atoms with Crippen LogP contribution in [0.5, 0.6) is 0 Å². The second-order valence-corrected chi connectivity index (χ2v) is 14.8. The molecule has 2 heteroatoms. The van der Waals surface area contributed by atoms with Crippen molar-refractivity contribution in [3.8, 4) is 44.5 Å². The van der Waals surface area contributed by atoms with E-state index in [1.165, 1.54) is 75.5 Å². The van der Waals surface area contributed by atoms with Crippen molar-refractivity contribution in [3.63, 3.8) is 0 Å². The Morgan fingerprint density at radius 3 is 1.46 bits per heavy atom. The summed E-state index contributed by atoms with van der Waals surface area (Å²) in [5.74, 6) is 0. The first kappa shape index (κ1) is 32.0. The number of rotatable bonds is 7. The summed E-state index contributed by atoms with van der Waals surface area (Å²) < 4.78 is 2.67. The van der Waals surface area contributed by atoms with Crippen LogP contribution in [-0.4, -0.2) is 0 Å². The predicted octanol–water partition coefficient (Wildman–Crippen LogP) is 15.3. The zero-order valence-corrected chi connectivity index (χ0v) is 30.4. The van der Waals surface area contributed by atoms with Gasteiger partial charge in [0, 0.05) is 37.2 Å². The molecule has 0 N–H and O–H groups in total. The van der Waals surface area contributed by atoms with Crippen LogP contribution in [0.3, 0.4) is 0 Å². The molecule has 0 aliphatic rings. The molecule has 0 saturated heterocycles. The highest BCUT2D eigenvalue weighted by molar-refractivity contribution is 7.26. The van der Waals surface area contributed by atoms with Crippen molar-refractivity contribution in [2.45, 2.75) is 0 Å². The number of nitrogens with zero attached hydrogens (tertiary/aromatic N) is 1. The highest BCUT2D eigenvalue weighted by Crippen LogP contribution is 2.46. The zero-order chi connectivity index (χ0) is 35.8. The summed E-state index contributed by atoms with van der Waals surface area (Å²) in [5, 5.41) is 5.23. The van der Waals surface area contributed by atoms with Gasteiger partial charge < -0.3 is 4.90 Å². The van der Waals surface area contributed by atoms with Gasteiger partial charge >= 0.3 is 0 Å². The average Bonchev–Trinajstić information content (AvgIpc) is 3.65. The second kappa shape index (κ2) is 13.7. The lowest BCUT2D eigenvalue weighted by Gasteiger charge is -2.27. The number of fused-ring (bicyclic) bond motifs is 5. The van der Waals surface area contributed by atoms with Crippen molar-refractivity contribution >= 4 is 59.3 Å². The molecule has 1 aromatic heterocycles. The summed E-state index contributed by atoms with van der Waals surface area (Å²) in [4.78, 5) is 2.38. The van der Waals surface area contributed by atoms with Crippen LogP contribution in [0.15, 0.2) is 212 Å². The number of benzene rings is 9. The van der Waals surface area contributed by atoms with Crippen LogP contribution in [-0.2, 0) is 0 Å². The van der Waals surface area contributed by atoms with Gasteiger partial charge in [-0.1, -0.05) is 164 Å². The van der Waals surface area contributed by atoms with E-state index in [1.807, 2.05) is 11.3 Å². The van der Waals surface area contributed by atoms with Gasteiger partial charge in [-0.05, 0) is 104 Å². The molecule has 10 rings (SSSR count). The van der Waals surface area contributed by atoms with E-state index in [4.69, 9.17) is 0 Å². The minimum Gasteiger partial charge on any atom is -0.310 e. The first-order chi connectivity index (χ1) is 26.8. The second-order valence-electron chi connectivity index (χ2n) is 13.7. The van der Waals surface area contributed by atoms with E-state index in [2.05, 4.69) is 217 Å². The van der Waals surface area contributed by atoms with Crippen molar-refractivity contribution in [1.82, 2.24) is 0 Å². The smallest absolute Gasteiger partial charge is 0.0468 e. The lowest BCUT2D eigenvalue weighted by Crippen LogP contribution is -2.10. The molecule has 254 valence electrons. The molecule has 0 bridgehead atoms. The van der Waals surface area contributed by atoms with E-state index in [-0.39, 0.29) is 0 Å². The molecule has 1 nitrogen and oxygen atoms in total. The fourth-order valence-electron chi connectivity index (χ4n) is 7.86. The maximum absolute atomic E-state index is 2.38. The molecule has 9 aromatic carbocycles. The predicted molar refractivity (Wildman–Crippen MR) is 233 cm³/mol. The van der Waals surface area contributed by atoms with Crippen molar-refractivity contribution in [2.24, 2.45) is 0 Å². The minimum atomic E-state index is 1.10. The molecule has 0 saturated carbocycles. The molecule has 10 aromatic rings. The van der Waals surface area contributed by atoms with E-state index in [9.17, 15) is 0 Å². The van der Waals surface area contributed by atoms with Crippen LogP contribution in [0.25, 0.3) is 75.5 Å². The number of hydrogen-bond donors (Lipinski definition) is 0. The average molecular weight is 706 g/mol. The molecule has 0 unspecified atom stereocenters. The lowest BCUT2D eigenvalue weighted by molar-refractivity contribution is 1.28. The van der Waals surface area contributed by atoms with Gasteiger partial charge in [0.05, 0.1) is 0 Å². The molecular formula is C52H35NS. The van der Waals surface area contributed by atoms with Gasteiger partial charge in [0.2, 0.25) is 0 Å². The van der Waals surface area contributed by atoms with Crippen molar-refractivity contribution in [2.75, 3.05) is 4.90 Å². The molecule has 0 aliphatic carbocycles.